The number of anilines is 1. The fourth-order valence-electron chi connectivity index (χ4n) is 1.64. The standard InChI is InChI=1S/C15H12ClIN2OS/c1-9-2-5-11(6-3-9)18-15(21)19-14(20)12-8-10(17)4-7-13(12)16/h2-8H,1H3,(H2,18,19,20,21). The molecule has 6 heteroatoms. The summed E-state index contributed by atoms with van der Waals surface area (Å²) in [6, 6.07) is 13.0. The van der Waals surface area contributed by atoms with Gasteiger partial charge in [0.15, 0.2) is 5.11 Å². The summed E-state index contributed by atoms with van der Waals surface area (Å²) in [6.45, 7) is 2.00. The van der Waals surface area contributed by atoms with E-state index >= 15 is 0 Å². The maximum absolute atomic E-state index is 12.1. The SMILES string of the molecule is Cc1ccc(NC(=S)NC(=O)c2cc(I)ccc2Cl)cc1. The number of carbonyl (C=O) groups is 1. The molecule has 0 heterocycles. The molecule has 0 aromatic heterocycles. The van der Waals surface area contributed by atoms with E-state index < -0.39 is 0 Å². The second-order valence-corrected chi connectivity index (χ2v) is 6.46. The van der Waals surface area contributed by atoms with Crippen LogP contribution in [0.1, 0.15) is 15.9 Å². The first kappa shape index (κ1) is 16.2. The van der Waals surface area contributed by atoms with Crippen molar-refractivity contribution in [2.24, 2.45) is 0 Å². The number of aryl methyl sites for hydroxylation is 1. The third-order valence-electron chi connectivity index (χ3n) is 2.71. The van der Waals surface area contributed by atoms with Gasteiger partial charge in [0.1, 0.15) is 0 Å². The number of halogens is 2. The van der Waals surface area contributed by atoms with E-state index in [0.29, 0.717) is 10.6 Å². The molecular formula is C15H12ClIN2OS. The second kappa shape index (κ2) is 7.20. The molecule has 0 saturated carbocycles. The van der Waals surface area contributed by atoms with Crippen LogP contribution in [-0.2, 0) is 0 Å². The van der Waals surface area contributed by atoms with Gasteiger partial charge in [0.2, 0.25) is 0 Å². The zero-order chi connectivity index (χ0) is 15.4. The molecule has 21 heavy (non-hydrogen) atoms. The van der Waals surface area contributed by atoms with Crippen LogP contribution in [0.5, 0.6) is 0 Å². The Morgan fingerprint density at radius 1 is 1.19 bits per heavy atom. The molecule has 0 fully saturated rings. The van der Waals surface area contributed by atoms with Crippen molar-refractivity contribution in [3.63, 3.8) is 0 Å². The van der Waals surface area contributed by atoms with Gasteiger partial charge in [-0.05, 0) is 72.1 Å². The molecule has 1 amide bonds. The van der Waals surface area contributed by atoms with Gasteiger partial charge in [-0.15, -0.1) is 0 Å². The lowest BCUT2D eigenvalue weighted by molar-refractivity contribution is 0.0978. The molecule has 2 N–H and O–H groups in total. The normalized spacial score (nSPS) is 10.0. The van der Waals surface area contributed by atoms with Crippen LogP contribution in [0.25, 0.3) is 0 Å². The highest BCUT2D eigenvalue weighted by Crippen LogP contribution is 2.18. The number of hydrogen-bond donors (Lipinski definition) is 2. The highest BCUT2D eigenvalue weighted by molar-refractivity contribution is 14.1. The van der Waals surface area contributed by atoms with E-state index in [0.717, 1.165) is 14.8 Å². The summed E-state index contributed by atoms with van der Waals surface area (Å²) in [5.74, 6) is -0.330. The van der Waals surface area contributed by atoms with Crippen molar-refractivity contribution in [3.8, 4) is 0 Å². The molecule has 0 radical (unpaired) electrons. The first-order chi connectivity index (χ1) is 9.95. The molecule has 0 aliphatic rings. The van der Waals surface area contributed by atoms with E-state index in [4.69, 9.17) is 23.8 Å². The highest BCUT2D eigenvalue weighted by Gasteiger charge is 2.12. The number of nitrogens with one attached hydrogen (secondary N) is 2. The van der Waals surface area contributed by atoms with Gasteiger partial charge in [0.25, 0.3) is 5.91 Å². The van der Waals surface area contributed by atoms with E-state index in [-0.39, 0.29) is 11.0 Å². The lowest BCUT2D eigenvalue weighted by Crippen LogP contribution is -2.34. The van der Waals surface area contributed by atoms with Gasteiger partial charge < -0.3 is 5.32 Å². The summed E-state index contributed by atoms with van der Waals surface area (Å²) < 4.78 is 0.930. The lowest BCUT2D eigenvalue weighted by atomic mass is 10.2. The van der Waals surface area contributed by atoms with Gasteiger partial charge in [0.05, 0.1) is 10.6 Å². The third kappa shape index (κ3) is 4.66. The van der Waals surface area contributed by atoms with E-state index in [1.807, 2.05) is 37.3 Å². The second-order valence-electron chi connectivity index (χ2n) is 4.40. The van der Waals surface area contributed by atoms with E-state index in [1.54, 1.807) is 12.1 Å². The number of thiocarbonyl (C=S) groups is 1. The van der Waals surface area contributed by atoms with E-state index in [9.17, 15) is 4.79 Å². The predicted molar refractivity (Wildman–Crippen MR) is 99.0 cm³/mol. The molecule has 0 saturated heterocycles. The van der Waals surface area contributed by atoms with Crippen molar-refractivity contribution in [1.29, 1.82) is 0 Å². The van der Waals surface area contributed by atoms with Crippen molar-refractivity contribution in [2.45, 2.75) is 6.92 Å². The number of rotatable bonds is 2. The Hall–Kier alpha value is -1.18. The monoisotopic (exact) mass is 430 g/mol. The minimum absolute atomic E-state index is 0.235. The minimum atomic E-state index is -0.330. The topological polar surface area (TPSA) is 41.1 Å². The molecule has 3 nitrogen and oxygen atoms in total. The van der Waals surface area contributed by atoms with Gasteiger partial charge in [-0.3, -0.25) is 10.1 Å². The minimum Gasteiger partial charge on any atom is -0.332 e. The molecule has 0 bridgehead atoms. The molecule has 2 aromatic rings. The van der Waals surface area contributed by atoms with Crippen LogP contribution in [0.15, 0.2) is 42.5 Å². The number of hydrogen-bond acceptors (Lipinski definition) is 2. The van der Waals surface area contributed by atoms with Crippen LogP contribution >= 0.6 is 46.4 Å². The fourth-order valence-corrected chi connectivity index (χ4v) is 2.55. The number of carbonyl (C=O) groups excluding carboxylic acids is 1. The van der Waals surface area contributed by atoms with Crippen molar-refractivity contribution in [2.75, 3.05) is 5.32 Å². The van der Waals surface area contributed by atoms with E-state index in [1.165, 1.54) is 0 Å². The third-order valence-corrected chi connectivity index (χ3v) is 3.91. The maximum Gasteiger partial charge on any atom is 0.258 e. The van der Waals surface area contributed by atoms with Crippen LogP contribution in [0.4, 0.5) is 5.69 Å². The van der Waals surface area contributed by atoms with Crippen LogP contribution in [-0.4, -0.2) is 11.0 Å². The van der Waals surface area contributed by atoms with Crippen LogP contribution in [0, 0.1) is 10.5 Å². The van der Waals surface area contributed by atoms with Gasteiger partial charge in [-0.25, -0.2) is 0 Å². The fraction of sp³-hybridized carbons (Fsp3) is 0.0667. The number of benzene rings is 2. The molecule has 2 rings (SSSR count). The molecule has 0 unspecified atom stereocenters. The van der Waals surface area contributed by atoms with Crippen LogP contribution in [0.3, 0.4) is 0 Å². The Balaban J connectivity index is 2.03. The maximum atomic E-state index is 12.1. The molecule has 0 aliphatic heterocycles. The lowest BCUT2D eigenvalue weighted by Gasteiger charge is -2.10. The first-order valence-corrected chi connectivity index (χ1v) is 7.96. The van der Waals surface area contributed by atoms with E-state index in [2.05, 4.69) is 33.2 Å². The summed E-state index contributed by atoms with van der Waals surface area (Å²) >= 11 is 13.3. The Kier molecular flexibility index (Phi) is 5.55. The average molecular weight is 431 g/mol. The molecule has 2 aromatic carbocycles. The average Bonchev–Trinajstić information content (AvgIpc) is 2.44. The van der Waals surface area contributed by atoms with Gasteiger partial charge in [0, 0.05) is 9.26 Å². The van der Waals surface area contributed by atoms with Gasteiger partial charge >= 0.3 is 0 Å². The van der Waals surface area contributed by atoms with Crippen molar-refractivity contribution in [1.82, 2.24) is 5.32 Å². The Bertz CT molecular complexity index is 689. The molecule has 108 valence electrons. The molecule has 0 aliphatic carbocycles. The Morgan fingerprint density at radius 2 is 1.86 bits per heavy atom. The quantitative estimate of drug-likeness (QED) is 0.549. The van der Waals surface area contributed by atoms with Gasteiger partial charge in [-0.1, -0.05) is 29.3 Å². The smallest absolute Gasteiger partial charge is 0.258 e. The van der Waals surface area contributed by atoms with Crippen molar-refractivity contribution < 1.29 is 4.79 Å². The largest absolute Gasteiger partial charge is 0.332 e. The molecule has 0 spiro atoms. The summed E-state index contributed by atoms with van der Waals surface area (Å²) in [5, 5.41) is 6.21. The summed E-state index contributed by atoms with van der Waals surface area (Å²) in [7, 11) is 0. The van der Waals surface area contributed by atoms with Crippen molar-refractivity contribution in [3.05, 3.63) is 62.2 Å². The Morgan fingerprint density at radius 3 is 2.52 bits per heavy atom. The molecular weight excluding hydrogens is 419 g/mol. The van der Waals surface area contributed by atoms with Crippen LogP contribution < -0.4 is 10.6 Å². The first-order valence-electron chi connectivity index (χ1n) is 6.10. The van der Waals surface area contributed by atoms with Gasteiger partial charge in [-0.2, -0.15) is 0 Å². The predicted octanol–water partition coefficient (Wildman–Crippen LogP) is 4.38. The summed E-state index contributed by atoms with van der Waals surface area (Å²) in [5.41, 5.74) is 2.37. The molecule has 0 atom stereocenters. The van der Waals surface area contributed by atoms with Crippen LogP contribution in [0.2, 0.25) is 5.02 Å². The number of amides is 1. The summed E-state index contributed by atoms with van der Waals surface area (Å²) in [4.78, 5) is 12.1. The Labute approximate surface area is 147 Å². The summed E-state index contributed by atoms with van der Waals surface area (Å²) in [6.07, 6.45) is 0. The highest BCUT2D eigenvalue weighted by atomic mass is 127. The van der Waals surface area contributed by atoms with Crippen molar-refractivity contribution >= 4 is 63.1 Å². The zero-order valence-electron chi connectivity index (χ0n) is 11.1. The zero-order valence-corrected chi connectivity index (χ0v) is 14.8.